The van der Waals surface area contributed by atoms with Gasteiger partial charge in [0.1, 0.15) is 0 Å². The van der Waals surface area contributed by atoms with Crippen molar-refractivity contribution < 1.29 is 32.3 Å². The van der Waals surface area contributed by atoms with Crippen molar-refractivity contribution >= 4 is 5.97 Å². The van der Waals surface area contributed by atoms with Crippen molar-refractivity contribution in [2.24, 2.45) is 0 Å². The molecule has 0 aliphatic rings. The summed E-state index contributed by atoms with van der Waals surface area (Å²) in [6.07, 6.45) is -5.16. The molecule has 1 aromatic rings. The Morgan fingerprint density at radius 2 is 2.00 bits per heavy atom. The Balaban J connectivity index is 3.56. The lowest BCUT2D eigenvalue weighted by Gasteiger charge is -2.06. The molecular weight excluding hydrogens is 197 g/mol. The maximum atomic E-state index is 12.7. The first kappa shape index (κ1) is 4.33. The van der Waals surface area contributed by atoms with Crippen molar-refractivity contribution in [1.82, 2.24) is 0 Å². The van der Waals surface area contributed by atoms with Crippen LogP contribution in [-0.4, -0.2) is 13.0 Å². The van der Waals surface area contributed by atoms with Gasteiger partial charge in [0, 0.05) is 0 Å². The average Bonchev–Trinajstić information content (AvgIpc) is 2.22. The molecule has 1 aromatic carbocycles. The minimum Gasteiger partial charge on any atom is -0.465 e. The van der Waals surface area contributed by atoms with Crippen molar-refractivity contribution in [2.45, 2.75) is 6.18 Å². The van der Waals surface area contributed by atoms with Crippen LogP contribution in [0.1, 0.15) is 25.5 Å². The number of hydrogen-bond acceptors (Lipinski definition) is 2. The molecule has 76 valence electrons. The molecule has 0 spiro atoms. The highest BCUT2D eigenvalue weighted by Gasteiger charge is 2.30. The number of benzene rings is 1. The smallest absolute Gasteiger partial charge is 0.416 e. The number of methoxy groups -OCH3 is 1. The molecule has 0 fully saturated rings. The molecule has 5 heteroatoms. The van der Waals surface area contributed by atoms with E-state index in [1.54, 1.807) is 0 Å². The summed E-state index contributed by atoms with van der Waals surface area (Å²) in [7, 11) is -3.23. The van der Waals surface area contributed by atoms with E-state index in [1.807, 2.05) is 0 Å². The second-order valence-corrected chi connectivity index (χ2v) is 2.14. The highest BCUT2D eigenvalue weighted by atomic mass is 19.4. The van der Waals surface area contributed by atoms with Crippen molar-refractivity contribution in [3.8, 4) is 0 Å². The van der Waals surface area contributed by atoms with Gasteiger partial charge in [0.2, 0.25) is 0 Å². The van der Waals surface area contributed by atoms with Gasteiger partial charge in [-0.25, -0.2) is 4.79 Å². The molecule has 0 aliphatic carbocycles. The molecule has 0 saturated carbocycles. The van der Waals surface area contributed by atoms with E-state index in [-0.39, 0.29) is 0 Å². The van der Waals surface area contributed by atoms with E-state index in [0.29, 0.717) is 0 Å². The quantitative estimate of drug-likeness (QED) is 0.667. The lowest BCUT2D eigenvalue weighted by molar-refractivity contribution is -0.137. The second-order valence-electron chi connectivity index (χ2n) is 2.14. The first-order chi connectivity index (χ1) is 9.27. The minimum atomic E-state index is -5.16. The first-order valence-corrected chi connectivity index (χ1v) is 3.18. The Hall–Kier alpha value is -1.52. The standard InChI is InChI=1S/C9H7F3O2/c1-14-8(13)6-2-4-7(5-3-6)9(10,11)12/h2-5H,1H3/i1D3,2D,3D,4D,5D. The van der Waals surface area contributed by atoms with Gasteiger partial charge in [0.05, 0.1) is 27.8 Å². The number of halogens is 3. The second kappa shape index (κ2) is 3.69. The third kappa shape index (κ3) is 2.25. The Kier molecular flexibility index (Phi) is 1.14. The van der Waals surface area contributed by atoms with Crippen molar-refractivity contribution in [3.05, 3.63) is 35.3 Å². The average molecular weight is 211 g/mol. The fourth-order valence-corrected chi connectivity index (χ4v) is 0.607. The minimum absolute atomic E-state index is 1.17. The molecule has 0 atom stereocenters. The van der Waals surface area contributed by atoms with Crippen molar-refractivity contribution in [2.75, 3.05) is 7.04 Å². The normalized spacial score (nSPS) is 19.2. The highest BCUT2D eigenvalue weighted by molar-refractivity contribution is 5.89. The van der Waals surface area contributed by atoms with Gasteiger partial charge in [-0.1, -0.05) is 0 Å². The van der Waals surface area contributed by atoms with Crippen LogP contribution in [0.2, 0.25) is 0 Å². The van der Waals surface area contributed by atoms with Crippen LogP contribution in [0.4, 0.5) is 13.2 Å². The Morgan fingerprint density at radius 3 is 2.43 bits per heavy atom. The SMILES string of the molecule is [2H]c1c([2H])c(C(F)(F)F)c([2H])c([2H])c1C(=O)OC([2H])([2H])[2H]. The lowest BCUT2D eigenvalue weighted by atomic mass is 10.1. The molecule has 0 saturated heterocycles. The van der Waals surface area contributed by atoms with Gasteiger partial charge in [-0.15, -0.1) is 0 Å². The van der Waals surface area contributed by atoms with Crippen LogP contribution in [0.25, 0.3) is 0 Å². The Morgan fingerprint density at radius 1 is 1.43 bits per heavy atom. The summed E-state index contributed by atoms with van der Waals surface area (Å²) in [5.74, 6) is -1.76. The Labute approximate surface area is 88.1 Å². The van der Waals surface area contributed by atoms with Gasteiger partial charge in [-0.3, -0.25) is 0 Å². The number of carbonyl (C=O) groups is 1. The zero-order valence-corrected chi connectivity index (χ0v) is 6.45. The molecule has 0 N–H and O–H groups in total. The lowest BCUT2D eigenvalue weighted by Crippen LogP contribution is -2.06. The van der Waals surface area contributed by atoms with E-state index < -0.39 is 54.5 Å². The largest absolute Gasteiger partial charge is 0.465 e. The summed E-state index contributed by atoms with van der Waals surface area (Å²) in [4.78, 5) is 11.5. The van der Waals surface area contributed by atoms with Gasteiger partial charge in [0.25, 0.3) is 0 Å². The van der Waals surface area contributed by atoms with Crippen LogP contribution in [-0.2, 0) is 10.9 Å². The van der Waals surface area contributed by atoms with E-state index >= 15 is 0 Å². The van der Waals surface area contributed by atoms with Crippen molar-refractivity contribution in [3.63, 3.8) is 0 Å². The molecule has 0 amide bonds. The number of esters is 1. The topological polar surface area (TPSA) is 26.3 Å². The summed E-state index contributed by atoms with van der Waals surface area (Å²) < 4.78 is 91.0. The maximum absolute atomic E-state index is 12.7. The maximum Gasteiger partial charge on any atom is 0.416 e. The zero-order chi connectivity index (χ0) is 16.7. The molecule has 0 aliphatic heterocycles. The number of carbonyl (C=O) groups excluding carboxylic acids is 1. The predicted molar refractivity (Wildman–Crippen MR) is 42.8 cm³/mol. The molecule has 0 bridgehead atoms. The van der Waals surface area contributed by atoms with Crippen LogP contribution in [0.5, 0.6) is 0 Å². The van der Waals surface area contributed by atoms with E-state index in [9.17, 15) is 18.0 Å². The fraction of sp³-hybridized carbons (Fsp3) is 0.222. The van der Waals surface area contributed by atoms with Crippen LogP contribution in [0, 0.1) is 0 Å². The zero-order valence-electron chi connectivity index (χ0n) is 13.5. The summed E-state index contributed by atoms with van der Waals surface area (Å²) in [6, 6.07) is -5.64. The molecule has 1 rings (SSSR count). The third-order valence-corrected chi connectivity index (χ3v) is 1.21. The summed E-state index contributed by atoms with van der Waals surface area (Å²) in [5.41, 5.74) is -3.02. The van der Waals surface area contributed by atoms with Gasteiger partial charge in [-0.05, 0) is 24.2 Å². The van der Waals surface area contributed by atoms with E-state index in [2.05, 4.69) is 4.74 Å². The number of alkyl halides is 3. The van der Waals surface area contributed by atoms with Gasteiger partial charge in [0.15, 0.2) is 0 Å². The monoisotopic (exact) mass is 211 g/mol. The molecule has 2 nitrogen and oxygen atoms in total. The number of ether oxygens (including phenoxy) is 1. The molecule has 0 radical (unpaired) electrons. The Bertz CT molecular complexity index is 565. The van der Waals surface area contributed by atoms with E-state index in [4.69, 9.17) is 9.60 Å². The molecular formula is C9H7F3O2. The molecule has 0 unspecified atom stereocenters. The number of hydrogen-bond donors (Lipinski definition) is 0. The summed E-state index contributed by atoms with van der Waals surface area (Å²) in [6.45, 7) is 0. The van der Waals surface area contributed by atoms with Crippen LogP contribution in [0.15, 0.2) is 24.2 Å². The van der Waals surface area contributed by atoms with Gasteiger partial charge >= 0.3 is 12.1 Å². The molecule has 14 heavy (non-hydrogen) atoms. The van der Waals surface area contributed by atoms with Crippen LogP contribution < -0.4 is 0 Å². The van der Waals surface area contributed by atoms with E-state index in [1.165, 1.54) is 0 Å². The molecule has 0 aromatic heterocycles. The summed E-state index contributed by atoms with van der Waals surface area (Å²) >= 11 is 0. The van der Waals surface area contributed by atoms with Gasteiger partial charge in [-0.2, -0.15) is 13.2 Å². The summed E-state index contributed by atoms with van der Waals surface area (Å²) in [5, 5.41) is 0. The third-order valence-electron chi connectivity index (χ3n) is 1.21. The first-order valence-electron chi connectivity index (χ1n) is 6.68. The predicted octanol–water partition coefficient (Wildman–Crippen LogP) is 2.49. The van der Waals surface area contributed by atoms with E-state index in [0.717, 1.165) is 0 Å². The molecule has 0 heterocycles. The highest BCUT2D eigenvalue weighted by Crippen LogP contribution is 2.29. The van der Waals surface area contributed by atoms with Crippen LogP contribution >= 0.6 is 0 Å². The number of rotatable bonds is 1. The van der Waals surface area contributed by atoms with Crippen LogP contribution in [0.3, 0.4) is 0 Å². The van der Waals surface area contributed by atoms with Gasteiger partial charge < -0.3 is 4.74 Å². The fourth-order valence-electron chi connectivity index (χ4n) is 0.607. The van der Waals surface area contributed by atoms with Crippen molar-refractivity contribution in [1.29, 1.82) is 0 Å².